The molecule has 2 heterocycles. The van der Waals surface area contributed by atoms with Gasteiger partial charge < -0.3 is 10.2 Å². The van der Waals surface area contributed by atoms with Crippen molar-refractivity contribution in [1.82, 2.24) is 14.8 Å². The maximum atomic E-state index is 12.6. The maximum absolute atomic E-state index is 12.6. The molecule has 8 heteroatoms. The Bertz CT molecular complexity index is 1010. The predicted octanol–water partition coefficient (Wildman–Crippen LogP) is 2.99. The first kappa shape index (κ1) is 20.7. The number of nitrogens with one attached hydrogen (secondary N) is 1. The summed E-state index contributed by atoms with van der Waals surface area (Å²) in [4.78, 5) is 30.5. The number of amides is 2. The van der Waals surface area contributed by atoms with E-state index >= 15 is 0 Å². The van der Waals surface area contributed by atoms with E-state index in [1.54, 1.807) is 34.2 Å². The van der Waals surface area contributed by atoms with Crippen LogP contribution in [0.1, 0.15) is 24.8 Å². The largest absolute Gasteiger partial charge is 0.311 e. The molecule has 1 aromatic carbocycles. The normalized spacial score (nSPS) is 10.2. The third-order valence-electron chi connectivity index (χ3n) is 4.36. The summed E-state index contributed by atoms with van der Waals surface area (Å²) in [5.74, 6) is -0.0577. The molecule has 8 nitrogen and oxygen atoms in total. The second kappa shape index (κ2) is 10.5. The van der Waals surface area contributed by atoms with E-state index in [2.05, 4.69) is 21.5 Å². The Morgan fingerprint density at radius 1 is 1.10 bits per heavy atom. The summed E-state index contributed by atoms with van der Waals surface area (Å²) in [6, 6.07) is 16.7. The Hall–Kier alpha value is -3.99. The van der Waals surface area contributed by atoms with Crippen molar-refractivity contribution in [3.05, 3.63) is 72.7 Å². The van der Waals surface area contributed by atoms with Crippen molar-refractivity contribution in [1.29, 1.82) is 5.26 Å². The van der Waals surface area contributed by atoms with Crippen molar-refractivity contribution in [3.63, 3.8) is 0 Å². The fourth-order valence-electron chi connectivity index (χ4n) is 2.92. The highest BCUT2D eigenvalue weighted by atomic mass is 16.2. The highest BCUT2D eigenvalue weighted by Crippen LogP contribution is 2.16. The molecule has 2 amide bonds. The van der Waals surface area contributed by atoms with Gasteiger partial charge in [0.1, 0.15) is 0 Å². The Kier molecular flexibility index (Phi) is 7.28. The summed E-state index contributed by atoms with van der Waals surface area (Å²) in [7, 11) is 0. The minimum Gasteiger partial charge on any atom is -0.311 e. The van der Waals surface area contributed by atoms with Crippen LogP contribution in [-0.2, 0) is 16.1 Å². The molecule has 1 N–H and O–H groups in total. The number of carbonyl (C=O) groups is 2. The molecule has 0 bridgehead atoms. The predicted molar refractivity (Wildman–Crippen MR) is 112 cm³/mol. The molecule has 0 fully saturated rings. The van der Waals surface area contributed by atoms with Crippen LogP contribution >= 0.6 is 0 Å². The number of anilines is 2. The molecule has 0 saturated heterocycles. The quantitative estimate of drug-likeness (QED) is 0.592. The number of benzene rings is 1. The number of nitrogens with zero attached hydrogens (tertiary/aromatic N) is 5. The molecule has 0 atom stereocenters. The maximum Gasteiger partial charge on any atom is 0.227 e. The molecule has 0 radical (unpaired) electrons. The SMILES string of the molecule is N#CCCN(C(=O)CCC(=O)Nc1ccn(Cc2cccnc2)n1)c1ccccc1. The lowest BCUT2D eigenvalue weighted by Crippen LogP contribution is -2.32. The van der Waals surface area contributed by atoms with Crippen LogP contribution < -0.4 is 10.2 Å². The van der Waals surface area contributed by atoms with Crippen molar-refractivity contribution < 1.29 is 9.59 Å². The number of hydrogen-bond acceptors (Lipinski definition) is 5. The van der Waals surface area contributed by atoms with Crippen LogP contribution in [0.15, 0.2) is 67.1 Å². The minimum atomic E-state index is -0.289. The molecule has 3 aromatic rings. The summed E-state index contributed by atoms with van der Waals surface area (Å²) < 4.78 is 1.71. The van der Waals surface area contributed by atoms with Crippen LogP contribution in [0.25, 0.3) is 0 Å². The highest BCUT2D eigenvalue weighted by Gasteiger charge is 2.17. The first-order valence-electron chi connectivity index (χ1n) is 9.60. The molecule has 2 aromatic heterocycles. The number of nitriles is 1. The molecule has 0 saturated carbocycles. The third kappa shape index (κ3) is 6.01. The number of hydrogen-bond donors (Lipinski definition) is 1. The van der Waals surface area contributed by atoms with E-state index in [0.29, 0.717) is 24.6 Å². The van der Waals surface area contributed by atoms with E-state index in [0.717, 1.165) is 5.56 Å². The molecule has 30 heavy (non-hydrogen) atoms. The average molecular weight is 402 g/mol. The first-order valence-corrected chi connectivity index (χ1v) is 9.60. The Morgan fingerprint density at radius 2 is 1.93 bits per heavy atom. The zero-order chi connectivity index (χ0) is 21.2. The fourth-order valence-corrected chi connectivity index (χ4v) is 2.92. The van der Waals surface area contributed by atoms with Crippen LogP contribution in [0.3, 0.4) is 0 Å². The van der Waals surface area contributed by atoms with Gasteiger partial charge in [0.15, 0.2) is 5.82 Å². The molecule has 0 unspecified atom stereocenters. The summed E-state index contributed by atoms with van der Waals surface area (Å²) in [6.07, 6.45) is 5.54. The van der Waals surface area contributed by atoms with E-state index < -0.39 is 0 Å². The zero-order valence-electron chi connectivity index (χ0n) is 16.4. The van der Waals surface area contributed by atoms with Crippen LogP contribution in [0, 0.1) is 11.3 Å². The third-order valence-corrected chi connectivity index (χ3v) is 4.36. The minimum absolute atomic E-state index is 0.0319. The van der Waals surface area contributed by atoms with Gasteiger partial charge in [-0.05, 0) is 23.8 Å². The topological polar surface area (TPSA) is 104 Å². The van der Waals surface area contributed by atoms with Crippen molar-refractivity contribution in [3.8, 4) is 6.07 Å². The Morgan fingerprint density at radius 3 is 2.67 bits per heavy atom. The van der Waals surface area contributed by atoms with Crippen molar-refractivity contribution >= 4 is 23.3 Å². The van der Waals surface area contributed by atoms with Gasteiger partial charge in [0, 0.05) is 49.7 Å². The van der Waals surface area contributed by atoms with Gasteiger partial charge in [-0.3, -0.25) is 19.3 Å². The summed E-state index contributed by atoms with van der Waals surface area (Å²) in [6.45, 7) is 0.840. The number of pyridine rings is 1. The van der Waals surface area contributed by atoms with Crippen LogP contribution in [-0.4, -0.2) is 33.1 Å². The molecular weight excluding hydrogens is 380 g/mol. The van der Waals surface area contributed by atoms with Gasteiger partial charge in [-0.25, -0.2) is 0 Å². The van der Waals surface area contributed by atoms with E-state index in [-0.39, 0.29) is 31.1 Å². The number of carbonyl (C=O) groups excluding carboxylic acids is 2. The molecule has 0 spiro atoms. The van der Waals surface area contributed by atoms with Gasteiger partial charge in [0.05, 0.1) is 19.0 Å². The molecule has 3 rings (SSSR count). The van der Waals surface area contributed by atoms with E-state index in [4.69, 9.17) is 5.26 Å². The first-order chi connectivity index (χ1) is 14.7. The standard InChI is InChI=1S/C22H22N6O2/c23-12-5-14-28(19-7-2-1-3-8-19)22(30)10-9-21(29)25-20-11-15-27(26-20)17-18-6-4-13-24-16-18/h1-4,6-8,11,13,15-16H,5,9-10,14,17H2,(H,25,26,29). The summed E-state index contributed by atoms with van der Waals surface area (Å²) in [5.41, 5.74) is 1.72. The summed E-state index contributed by atoms with van der Waals surface area (Å²) >= 11 is 0. The number of para-hydroxylation sites is 1. The van der Waals surface area contributed by atoms with Gasteiger partial charge in [0.2, 0.25) is 11.8 Å². The lowest BCUT2D eigenvalue weighted by Gasteiger charge is -2.21. The molecule has 0 aliphatic carbocycles. The smallest absolute Gasteiger partial charge is 0.227 e. The summed E-state index contributed by atoms with van der Waals surface area (Å²) in [5, 5.41) is 15.9. The zero-order valence-corrected chi connectivity index (χ0v) is 16.4. The van der Waals surface area contributed by atoms with E-state index in [1.165, 1.54) is 0 Å². The lowest BCUT2D eigenvalue weighted by atomic mass is 10.2. The van der Waals surface area contributed by atoms with Crippen LogP contribution in [0.2, 0.25) is 0 Å². The molecule has 0 aliphatic heterocycles. The number of rotatable bonds is 9. The Labute approximate surface area is 174 Å². The van der Waals surface area contributed by atoms with Gasteiger partial charge in [0.25, 0.3) is 0 Å². The molecular formula is C22H22N6O2. The highest BCUT2D eigenvalue weighted by molar-refractivity contribution is 5.97. The molecule has 152 valence electrons. The van der Waals surface area contributed by atoms with Crippen molar-refractivity contribution in [2.24, 2.45) is 0 Å². The second-order valence-corrected chi connectivity index (χ2v) is 6.60. The van der Waals surface area contributed by atoms with Crippen LogP contribution in [0.4, 0.5) is 11.5 Å². The molecule has 0 aliphatic rings. The van der Waals surface area contributed by atoms with Crippen LogP contribution in [0.5, 0.6) is 0 Å². The Balaban J connectivity index is 1.52. The average Bonchev–Trinajstić information content (AvgIpc) is 3.20. The van der Waals surface area contributed by atoms with Crippen molar-refractivity contribution in [2.45, 2.75) is 25.8 Å². The lowest BCUT2D eigenvalue weighted by molar-refractivity contribution is -0.122. The van der Waals surface area contributed by atoms with Gasteiger partial charge in [-0.2, -0.15) is 10.4 Å². The van der Waals surface area contributed by atoms with Crippen molar-refractivity contribution in [2.75, 3.05) is 16.8 Å². The fraction of sp³-hybridized carbons (Fsp3) is 0.227. The number of aromatic nitrogens is 3. The monoisotopic (exact) mass is 402 g/mol. The van der Waals surface area contributed by atoms with Gasteiger partial charge >= 0.3 is 0 Å². The van der Waals surface area contributed by atoms with E-state index in [1.807, 2.05) is 42.5 Å². The second-order valence-electron chi connectivity index (χ2n) is 6.60. The van der Waals surface area contributed by atoms with Gasteiger partial charge in [-0.15, -0.1) is 0 Å². The van der Waals surface area contributed by atoms with Gasteiger partial charge in [-0.1, -0.05) is 24.3 Å². The van der Waals surface area contributed by atoms with E-state index in [9.17, 15) is 9.59 Å².